The molecule has 0 radical (unpaired) electrons. The highest BCUT2D eigenvalue weighted by molar-refractivity contribution is 5.83. The van der Waals surface area contributed by atoms with E-state index in [4.69, 9.17) is 0 Å². The summed E-state index contributed by atoms with van der Waals surface area (Å²) in [4.78, 5) is 28.6. The molecule has 0 aliphatic carbocycles. The highest BCUT2D eigenvalue weighted by Crippen LogP contribution is 2.25. The number of carbonyl (C=O) groups is 2. The van der Waals surface area contributed by atoms with Gasteiger partial charge in [-0.25, -0.2) is 0 Å². The number of rotatable bonds is 4. The fraction of sp³-hybridized carbons (Fsp3) is 0.882. The summed E-state index contributed by atoms with van der Waals surface area (Å²) in [6.45, 7) is 13.1. The van der Waals surface area contributed by atoms with Gasteiger partial charge in [-0.15, -0.1) is 0 Å². The lowest BCUT2D eigenvalue weighted by molar-refractivity contribution is -0.146. The highest BCUT2D eigenvalue weighted by Gasteiger charge is 2.34. The van der Waals surface area contributed by atoms with Crippen molar-refractivity contribution in [3.05, 3.63) is 0 Å². The van der Waals surface area contributed by atoms with Gasteiger partial charge in [0.05, 0.1) is 6.10 Å². The minimum atomic E-state index is -0.520. The van der Waals surface area contributed by atoms with Crippen LogP contribution in [0.25, 0.3) is 0 Å². The third-order valence-electron chi connectivity index (χ3n) is 4.14. The van der Waals surface area contributed by atoms with E-state index in [0.29, 0.717) is 32.5 Å². The molecule has 1 saturated heterocycles. The van der Waals surface area contributed by atoms with Crippen molar-refractivity contribution in [2.45, 2.75) is 66.5 Å². The summed E-state index contributed by atoms with van der Waals surface area (Å²) < 4.78 is 0. The summed E-state index contributed by atoms with van der Waals surface area (Å²) in [6.07, 6.45) is 0.904. The number of nitrogens with zero attached hydrogens (tertiary/aromatic N) is 2. The number of carbonyl (C=O) groups excluding carboxylic acids is 2. The Kier molecular flexibility index (Phi) is 6.41. The molecule has 5 nitrogen and oxygen atoms in total. The highest BCUT2D eigenvalue weighted by atomic mass is 16.3. The molecular weight excluding hydrogens is 280 g/mol. The third-order valence-corrected chi connectivity index (χ3v) is 4.14. The molecule has 1 heterocycles. The standard InChI is InChI=1S/C17H32N2O3/c1-12(2)19(11-13(3)20)15(21)14-7-9-18(10-8-14)16(22)17(4,5)6/h12-14,20H,7-11H2,1-6H3. The van der Waals surface area contributed by atoms with Gasteiger partial charge in [0, 0.05) is 37.0 Å². The van der Waals surface area contributed by atoms with Gasteiger partial charge in [-0.2, -0.15) is 0 Å². The summed E-state index contributed by atoms with van der Waals surface area (Å²) in [6, 6.07) is 0.0799. The first-order valence-corrected chi connectivity index (χ1v) is 8.32. The van der Waals surface area contributed by atoms with E-state index in [2.05, 4.69) is 0 Å². The van der Waals surface area contributed by atoms with Crippen LogP contribution in [0.4, 0.5) is 0 Å². The lowest BCUT2D eigenvalue weighted by Crippen LogP contribution is -2.49. The van der Waals surface area contributed by atoms with E-state index < -0.39 is 6.10 Å². The minimum absolute atomic E-state index is 0.0369. The topological polar surface area (TPSA) is 60.9 Å². The largest absolute Gasteiger partial charge is 0.392 e. The van der Waals surface area contributed by atoms with Gasteiger partial charge >= 0.3 is 0 Å². The van der Waals surface area contributed by atoms with Crippen LogP contribution in [0, 0.1) is 11.3 Å². The van der Waals surface area contributed by atoms with Crippen LogP contribution in [0.1, 0.15) is 54.4 Å². The monoisotopic (exact) mass is 312 g/mol. The normalized spacial score (nSPS) is 18.5. The molecule has 0 aromatic heterocycles. The van der Waals surface area contributed by atoms with Crippen molar-refractivity contribution in [2.24, 2.45) is 11.3 Å². The van der Waals surface area contributed by atoms with E-state index in [1.807, 2.05) is 39.5 Å². The first-order chi connectivity index (χ1) is 10.0. The molecule has 1 unspecified atom stereocenters. The fourth-order valence-electron chi connectivity index (χ4n) is 2.88. The van der Waals surface area contributed by atoms with Gasteiger partial charge in [-0.05, 0) is 33.6 Å². The molecule has 0 aromatic carbocycles. The van der Waals surface area contributed by atoms with Crippen molar-refractivity contribution in [3.8, 4) is 0 Å². The SMILES string of the molecule is CC(O)CN(C(=O)C1CCN(C(=O)C(C)(C)C)CC1)C(C)C. The van der Waals surface area contributed by atoms with Crippen LogP contribution >= 0.6 is 0 Å². The molecular formula is C17H32N2O3. The molecule has 2 amide bonds. The lowest BCUT2D eigenvalue weighted by atomic mass is 9.90. The zero-order valence-electron chi connectivity index (χ0n) is 14.9. The van der Waals surface area contributed by atoms with Gasteiger partial charge in [0.25, 0.3) is 0 Å². The van der Waals surface area contributed by atoms with E-state index in [1.54, 1.807) is 11.8 Å². The molecule has 1 N–H and O–H groups in total. The van der Waals surface area contributed by atoms with Gasteiger partial charge in [0.2, 0.25) is 11.8 Å². The molecule has 1 atom stereocenters. The van der Waals surface area contributed by atoms with E-state index >= 15 is 0 Å². The Balaban J connectivity index is 2.63. The van der Waals surface area contributed by atoms with Crippen LogP contribution in [-0.4, -0.2) is 58.5 Å². The molecule has 22 heavy (non-hydrogen) atoms. The molecule has 1 fully saturated rings. The number of aliphatic hydroxyl groups is 1. The Morgan fingerprint density at radius 2 is 1.68 bits per heavy atom. The molecule has 1 rings (SSSR count). The second-order valence-electron chi connectivity index (χ2n) is 7.75. The predicted molar refractivity (Wildman–Crippen MR) is 87.3 cm³/mol. The maximum absolute atomic E-state index is 12.7. The summed E-state index contributed by atoms with van der Waals surface area (Å²) in [5.74, 6) is 0.229. The van der Waals surface area contributed by atoms with Crippen molar-refractivity contribution < 1.29 is 14.7 Å². The zero-order valence-corrected chi connectivity index (χ0v) is 14.9. The number of amides is 2. The van der Waals surface area contributed by atoms with Crippen molar-refractivity contribution in [2.75, 3.05) is 19.6 Å². The van der Waals surface area contributed by atoms with Crippen molar-refractivity contribution >= 4 is 11.8 Å². The van der Waals surface area contributed by atoms with Gasteiger partial charge in [0.15, 0.2) is 0 Å². The van der Waals surface area contributed by atoms with Crippen LogP contribution in [-0.2, 0) is 9.59 Å². The lowest BCUT2D eigenvalue weighted by Gasteiger charge is -2.38. The summed E-state index contributed by atoms with van der Waals surface area (Å²) in [5.41, 5.74) is -0.368. The van der Waals surface area contributed by atoms with E-state index in [1.165, 1.54) is 0 Å². The molecule has 128 valence electrons. The van der Waals surface area contributed by atoms with E-state index in [0.717, 1.165) is 0 Å². The van der Waals surface area contributed by atoms with Crippen LogP contribution in [0.3, 0.4) is 0 Å². The van der Waals surface area contributed by atoms with Gasteiger partial charge in [0.1, 0.15) is 0 Å². The first-order valence-electron chi connectivity index (χ1n) is 8.32. The Labute approximate surface area is 134 Å². The van der Waals surface area contributed by atoms with E-state index in [-0.39, 0.29) is 29.2 Å². The Hall–Kier alpha value is -1.10. The number of hydrogen-bond donors (Lipinski definition) is 1. The fourth-order valence-corrected chi connectivity index (χ4v) is 2.88. The molecule has 0 saturated carbocycles. The van der Waals surface area contributed by atoms with Crippen molar-refractivity contribution in [3.63, 3.8) is 0 Å². The maximum Gasteiger partial charge on any atom is 0.227 e. The Morgan fingerprint density at radius 1 is 1.18 bits per heavy atom. The smallest absolute Gasteiger partial charge is 0.227 e. The first kappa shape index (κ1) is 18.9. The van der Waals surface area contributed by atoms with Crippen molar-refractivity contribution in [1.29, 1.82) is 0 Å². The van der Waals surface area contributed by atoms with Gasteiger partial charge < -0.3 is 14.9 Å². The third kappa shape index (κ3) is 4.97. The van der Waals surface area contributed by atoms with Crippen molar-refractivity contribution in [1.82, 2.24) is 9.80 Å². The average Bonchev–Trinajstić information content (AvgIpc) is 2.42. The molecule has 0 bridgehead atoms. The Bertz CT molecular complexity index is 391. The average molecular weight is 312 g/mol. The summed E-state index contributed by atoms with van der Waals surface area (Å²) in [7, 11) is 0. The molecule has 0 spiro atoms. The molecule has 0 aromatic rings. The van der Waals surface area contributed by atoms with Crippen LogP contribution < -0.4 is 0 Å². The summed E-state index contributed by atoms with van der Waals surface area (Å²) >= 11 is 0. The maximum atomic E-state index is 12.7. The zero-order chi connectivity index (χ0) is 17.1. The van der Waals surface area contributed by atoms with Crippen LogP contribution in [0.2, 0.25) is 0 Å². The number of piperidine rings is 1. The quantitative estimate of drug-likeness (QED) is 0.862. The molecule has 5 heteroatoms. The van der Waals surface area contributed by atoms with Crippen LogP contribution in [0.15, 0.2) is 0 Å². The van der Waals surface area contributed by atoms with Gasteiger partial charge in [-0.1, -0.05) is 20.8 Å². The van der Waals surface area contributed by atoms with Crippen LogP contribution in [0.5, 0.6) is 0 Å². The minimum Gasteiger partial charge on any atom is -0.392 e. The second-order valence-corrected chi connectivity index (χ2v) is 7.75. The number of likely N-dealkylation sites (tertiary alicyclic amines) is 1. The molecule has 1 aliphatic rings. The van der Waals surface area contributed by atoms with Gasteiger partial charge in [-0.3, -0.25) is 9.59 Å². The predicted octanol–water partition coefficient (Wildman–Crippen LogP) is 1.89. The molecule has 1 aliphatic heterocycles. The second kappa shape index (κ2) is 7.44. The van der Waals surface area contributed by atoms with E-state index in [9.17, 15) is 14.7 Å². The Morgan fingerprint density at radius 3 is 2.05 bits per heavy atom. The number of aliphatic hydroxyl groups excluding tert-OH is 1. The summed E-state index contributed by atoms with van der Waals surface area (Å²) in [5, 5.41) is 9.58. The number of hydrogen-bond acceptors (Lipinski definition) is 3.